The minimum atomic E-state index is -0.231. The molecular formula is C15H22FN3O. The Morgan fingerprint density at radius 1 is 1.40 bits per heavy atom. The normalized spacial score (nSPS) is 16.2. The molecule has 110 valence electrons. The molecule has 1 aliphatic heterocycles. The third-order valence-electron chi connectivity index (χ3n) is 3.27. The second-order valence-electron chi connectivity index (χ2n) is 6.11. The lowest BCUT2D eigenvalue weighted by Crippen LogP contribution is -2.48. The number of nitrogens with one attached hydrogen (secondary N) is 2. The lowest BCUT2D eigenvalue weighted by atomic mass is 10.1. The van der Waals surface area contributed by atoms with Crippen LogP contribution in [0, 0.1) is 5.82 Å². The van der Waals surface area contributed by atoms with Gasteiger partial charge in [0.2, 0.25) is 5.91 Å². The van der Waals surface area contributed by atoms with Crippen molar-refractivity contribution in [2.24, 2.45) is 0 Å². The van der Waals surface area contributed by atoms with Gasteiger partial charge >= 0.3 is 0 Å². The Balaban J connectivity index is 2.23. The van der Waals surface area contributed by atoms with Crippen LogP contribution in [0.1, 0.15) is 26.3 Å². The number of benzene rings is 1. The quantitative estimate of drug-likeness (QED) is 0.884. The van der Waals surface area contributed by atoms with Crippen molar-refractivity contribution in [3.63, 3.8) is 0 Å². The number of carbonyl (C=O) groups excluding carboxylic acids is 1. The first-order chi connectivity index (χ1) is 9.37. The Morgan fingerprint density at radius 3 is 2.80 bits per heavy atom. The molecule has 4 nitrogen and oxygen atoms in total. The average molecular weight is 279 g/mol. The van der Waals surface area contributed by atoms with Crippen LogP contribution in [0.25, 0.3) is 0 Å². The number of hydrogen-bond acceptors (Lipinski definition) is 3. The van der Waals surface area contributed by atoms with Gasteiger partial charge < -0.3 is 15.5 Å². The summed E-state index contributed by atoms with van der Waals surface area (Å²) in [5.41, 5.74) is 1.34. The van der Waals surface area contributed by atoms with Crippen molar-refractivity contribution in [2.75, 3.05) is 24.5 Å². The van der Waals surface area contributed by atoms with E-state index >= 15 is 0 Å². The zero-order chi connectivity index (χ0) is 14.8. The summed E-state index contributed by atoms with van der Waals surface area (Å²) < 4.78 is 14.1. The fourth-order valence-electron chi connectivity index (χ4n) is 2.22. The van der Waals surface area contributed by atoms with Crippen molar-refractivity contribution in [1.82, 2.24) is 10.6 Å². The van der Waals surface area contributed by atoms with E-state index in [0.29, 0.717) is 25.2 Å². The lowest BCUT2D eigenvalue weighted by Gasteiger charge is -2.31. The molecule has 2 N–H and O–H groups in total. The van der Waals surface area contributed by atoms with Gasteiger partial charge in [0.05, 0.1) is 6.54 Å². The first-order valence-corrected chi connectivity index (χ1v) is 6.91. The number of anilines is 1. The van der Waals surface area contributed by atoms with Gasteiger partial charge in [-0.05, 0) is 32.9 Å². The Labute approximate surface area is 119 Å². The van der Waals surface area contributed by atoms with Gasteiger partial charge in [-0.25, -0.2) is 4.39 Å². The molecule has 1 amide bonds. The van der Waals surface area contributed by atoms with Crippen LogP contribution in [0.4, 0.5) is 10.1 Å². The van der Waals surface area contributed by atoms with Crippen LogP contribution in [0.2, 0.25) is 0 Å². The second kappa shape index (κ2) is 5.79. The largest absolute Gasteiger partial charge is 0.360 e. The van der Waals surface area contributed by atoms with E-state index in [2.05, 4.69) is 10.6 Å². The summed E-state index contributed by atoms with van der Waals surface area (Å²) >= 11 is 0. The fourth-order valence-corrected chi connectivity index (χ4v) is 2.22. The van der Waals surface area contributed by atoms with Gasteiger partial charge in [-0.15, -0.1) is 0 Å². The zero-order valence-electron chi connectivity index (χ0n) is 12.3. The summed E-state index contributed by atoms with van der Waals surface area (Å²) in [6.07, 6.45) is 0. The fraction of sp³-hybridized carbons (Fsp3) is 0.533. The van der Waals surface area contributed by atoms with Crippen molar-refractivity contribution in [3.05, 3.63) is 29.6 Å². The van der Waals surface area contributed by atoms with Gasteiger partial charge in [-0.1, -0.05) is 6.07 Å². The van der Waals surface area contributed by atoms with Crippen LogP contribution in [0.15, 0.2) is 18.2 Å². The molecular weight excluding hydrogens is 257 g/mol. The predicted octanol–water partition coefficient (Wildman–Crippen LogP) is 1.65. The molecule has 1 fully saturated rings. The monoisotopic (exact) mass is 279 g/mol. The van der Waals surface area contributed by atoms with Crippen molar-refractivity contribution in [1.29, 1.82) is 0 Å². The standard InChI is InChI=1S/C15H22FN3O/c1-15(2,3)18-9-11-12(16)5-4-6-13(11)19-8-7-17-14(20)10-19/h4-6,18H,7-10H2,1-3H3,(H,17,20). The van der Waals surface area contributed by atoms with E-state index < -0.39 is 0 Å². The maximum Gasteiger partial charge on any atom is 0.239 e. The molecule has 0 spiro atoms. The first kappa shape index (κ1) is 14.8. The number of carbonyl (C=O) groups is 1. The highest BCUT2D eigenvalue weighted by atomic mass is 19.1. The van der Waals surface area contributed by atoms with E-state index in [-0.39, 0.29) is 23.8 Å². The molecule has 0 aliphatic carbocycles. The molecule has 0 saturated carbocycles. The number of halogens is 1. The molecule has 0 radical (unpaired) electrons. The summed E-state index contributed by atoms with van der Waals surface area (Å²) in [4.78, 5) is 13.4. The summed E-state index contributed by atoms with van der Waals surface area (Å²) in [6.45, 7) is 8.17. The van der Waals surface area contributed by atoms with E-state index in [1.165, 1.54) is 6.07 Å². The Kier molecular flexibility index (Phi) is 4.28. The summed E-state index contributed by atoms with van der Waals surface area (Å²) in [5, 5.41) is 6.08. The number of amides is 1. The van der Waals surface area contributed by atoms with Crippen LogP contribution in [-0.4, -0.2) is 31.1 Å². The number of hydrogen-bond donors (Lipinski definition) is 2. The molecule has 2 rings (SSSR count). The molecule has 0 atom stereocenters. The van der Waals surface area contributed by atoms with Crippen LogP contribution in [-0.2, 0) is 11.3 Å². The predicted molar refractivity (Wildman–Crippen MR) is 78.2 cm³/mol. The lowest BCUT2D eigenvalue weighted by molar-refractivity contribution is -0.120. The van der Waals surface area contributed by atoms with Crippen LogP contribution in [0.3, 0.4) is 0 Å². The van der Waals surface area contributed by atoms with Gasteiger partial charge in [-0.3, -0.25) is 4.79 Å². The molecule has 1 aromatic carbocycles. The molecule has 20 heavy (non-hydrogen) atoms. The minimum absolute atomic E-state index is 0.0183. The van der Waals surface area contributed by atoms with Gasteiger partial charge in [0.25, 0.3) is 0 Å². The number of piperazine rings is 1. The van der Waals surface area contributed by atoms with Crippen LogP contribution >= 0.6 is 0 Å². The molecule has 0 bridgehead atoms. The maximum absolute atomic E-state index is 14.1. The van der Waals surface area contributed by atoms with Crippen molar-refractivity contribution in [2.45, 2.75) is 32.9 Å². The van der Waals surface area contributed by atoms with E-state index in [4.69, 9.17) is 0 Å². The van der Waals surface area contributed by atoms with Crippen molar-refractivity contribution in [3.8, 4) is 0 Å². The summed E-state index contributed by atoms with van der Waals surface area (Å²) in [5.74, 6) is -0.250. The van der Waals surface area contributed by atoms with Crippen molar-refractivity contribution >= 4 is 11.6 Å². The topological polar surface area (TPSA) is 44.4 Å². The smallest absolute Gasteiger partial charge is 0.239 e. The van der Waals surface area contributed by atoms with Crippen LogP contribution in [0.5, 0.6) is 0 Å². The first-order valence-electron chi connectivity index (χ1n) is 6.91. The zero-order valence-corrected chi connectivity index (χ0v) is 12.3. The third kappa shape index (κ3) is 3.70. The Hall–Kier alpha value is -1.62. The summed E-state index contributed by atoms with van der Waals surface area (Å²) in [6, 6.07) is 5.03. The van der Waals surface area contributed by atoms with E-state index in [1.807, 2.05) is 31.7 Å². The molecule has 1 heterocycles. The number of rotatable bonds is 3. The van der Waals surface area contributed by atoms with Gasteiger partial charge in [0.15, 0.2) is 0 Å². The molecule has 1 aromatic rings. The SMILES string of the molecule is CC(C)(C)NCc1c(F)cccc1N1CCNC(=O)C1. The highest BCUT2D eigenvalue weighted by Crippen LogP contribution is 2.24. The van der Waals surface area contributed by atoms with E-state index in [1.54, 1.807) is 6.07 Å². The van der Waals surface area contributed by atoms with E-state index in [0.717, 1.165) is 5.69 Å². The van der Waals surface area contributed by atoms with Gasteiger partial charge in [0, 0.05) is 36.4 Å². The van der Waals surface area contributed by atoms with Gasteiger partial charge in [0.1, 0.15) is 5.82 Å². The molecule has 5 heteroatoms. The highest BCUT2D eigenvalue weighted by molar-refractivity contribution is 5.83. The molecule has 0 aromatic heterocycles. The highest BCUT2D eigenvalue weighted by Gasteiger charge is 2.21. The molecule has 1 saturated heterocycles. The number of nitrogens with zero attached hydrogens (tertiary/aromatic N) is 1. The van der Waals surface area contributed by atoms with Gasteiger partial charge in [-0.2, -0.15) is 0 Å². The van der Waals surface area contributed by atoms with Crippen LogP contribution < -0.4 is 15.5 Å². The average Bonchev–Trinajstić information content (AvgIpc) is 2.36. The van der Waals surface area contributed by atoms with E-state index in [9.17, 15) is 9.18 Å². The Morgan fingerprint density at radius 2 is 2.15 bits per heavy atom. The Bertz CT molecular complexity index is 496. The minimum Gasteiger partial charge on any atom is -0.360 e. The van der Waals surface area contributed by atoms with Crippen molar-refractivity contribution < 1.29 is 9.18 Å². The maximum atomic E-state index is 14.1. The molecule has 1 aliphatic rings. The third-order valence-corrected chi connectivity index (χ3v) is 3.27. The second-order valence-corrected chi connectivity index (χ2v) is 6.11. The summed E-state index contributed by atoms with van der Waals surface area (Å²) in [7, 11) is 0. The molecule has 0 unspecified atom stereocenters.